The van der Waals surface area contributed by atoms with Crippen LogP contribution in [0, 0.1) is 0 Å². The van der Waals surface area contributed by atoms with Crippen molar-refractivity contribution in [3.8, 4) is 0 Å². The van der Waals surface area contributed by atoms with Crippen molar-refractivity contribution < 1.29 is 9.90 Å². The lowest BCUT2D eigenvalue weighted by molar-refractivity contribution is -0.126. The zero-order valence-electron chi connectivity index (χ0n) is 11.4. The third-order valence-corrected chi connectivity index (χ3v) is 3.19. The molecule has 1 unspecified atom stereocenters. The molecule has 0 aromatic heterocycles. The van der Waals surface area contributed by atoms with Crippen LogP contribution in [-0.2, 0) is 4.79 Å². The van der Waals surface area contributed by atoms with E-state index >= 15 is 0 Å². The Labute approximate surface area is 104 Å². The smallest absolute Gasteiger partial charge is 0.236 e. The maximum Gasteiger partial charge on any atom is 0.236 e. The van der Waals surface area contributed by atoms with Crippen LogP contribution in [0.15, 0.2) is 0 Å². The van der Waals surface area contributed by atoms with Gasteiger partial charge in [-0.3, -0.25) is 14.6 Å². The number of β-amino-alcohol motifs (C(OH)–C–C–N with tert-alkyl or cyclic N) is 1. The molecule has 17 heavy (non-hydrogen) atoms. The molecule has 0 saturated carbocycles. The van der Waals surface area contributed by atoms with Crippen molar-refractivity contribution in [3.63, 3.8) is 0 Å². The Morgan fingerprint density at radius 3 is 2.29 bits per heavy atom. The van der Waals surface area contributed by atoms with Crippen LogP contribution in [0.4, 0.5) is 0 Å². The molecule has 1 amide bonds. The van der Waals surface area contributed by atoms with E-state index in [4.69, 9.17) is 0 Å². The fourth-order valence-corrected chi connectivity index (χ4v) is 2.23. The number of hydrogen-bond donors (Lipinski definition) is 2. The van der Waals surface area contributed by atoms with Crippen molar-refractivity contribution in [2.24, 2.45) is 0 Å². The van der Waals surface area contributed by atoms with E-state index in [9.17, 15) is 9.90 Å². The molecular formula is C12H25N3O2. The third-order valence-electron chi connectivity index (χ3n) is 3.19. The second kappa shape index (κ2) is 5.80. The first-order valence-corrected chi connectivity index (χ1v) is 6.24. The molecule has 0 bridgehead atoms. The average Bonchev–Trinajstić information content (AvgIpc) is 2.26. The minimum atomic E-state index is -0.644. The van der Waals surface area contributed by atoms with Crippen molar-refractivity contribution >= 4 is 5.91 Å². The van der Waals surface area contributed by atoms with Gasteiger partial charge in [-0.15, -0.1) is 0 Å². The molecule has 0 radical (unpaired) electrons. The summed E-state index contributed by atoms with van der Waals surface area (Å²) in [4.78, 5) is 15.9. The molecule has 1 heterocycles. The van der Waals surface area contributed by atoms with Crippen molar-refractivity contribution in [1.82, 2.24) is 15.1 Å². The van der Waals surface area contributed by atoms with Gasteiger partial charge in [0.25, 0.3) is 0 Å². The molecular weight excluding hydrogens is 218 g/mol. The lowest BCUT2D eigenvalue weighted by Gasteiger charge is -2.39. The Balaban J connectivity index is 2.38. The molecule has 5 heteroatoms. The highest BCUT2D eigenvalue weighted by atomic mass is 16.3. The summed E-state index contributed by atoms with van der Waals surface area (Å²) in [6.07, 6.45) is 0. The van der Waals surface area contributed by atoms with Crippen LogP contribution in [0.5, 0.6) is 0 Å². The van der Waals surface area contributed by atoms with Gasteiger partial charge in [-0.25, -0.2) is 0 Å². The summed E-state index contributed by atoms with van der Waals surface area (Å²) in [5.74, 6) is 0.0703. The van der Waals surface area contributed by atoms with Crippen molar-refractivity contribution in [2.45, 2.75) is 32.4 Å². The Kier molecular flexibility index (Phi) is 4.91. The van der Waals surface area contributed by atoms with E-state index in [1.807, 2.05) is 20.8 Å². The first-order valence-electron chi connectivity index (χ1n) is 6.24. The molecule has 0 aliphatic carbocycles. The molecule has 1 fully saturated rings. The average molecular weight is 243 g/mol. The van der Waals surface area contributed by atoms with Crippen LogP contribution < -0.4 is 5.32 Å². The molecule has 1 aliphatic rings. The number of nitrogens with zero attached hydrogens (tertiary/aromatic N) is 2. The van der Waals surface area contributed by atoms with Gasteiger partial charge in [-0.1, -0.05) is 0 Å². The quantitative estimate of drug-likeness (QED) is 0.699. The van der Waals surface area contributed by atoms with E-state index in [0.717, 1.165) is 26.2 Å². The fraction of sp³-hybridized carbons (Fsp3) is 0.917. The molecule has 5 nitrogen and oxygen atoms in total. The van der Waals surface area contributed by atoms with Crippen LogP contribution in [0.25, 0.3) is 0 Å². The van der Waals surface area contributed by atoms with E-state index in [0.29, 0.717) is 6.54 Å². The van der Waals surface area contributed by atoms with Gasteiger partial charge in [0.2, 0.25) is 5.91 Å². The maximum atomic E-state index is 11.5. The molecule has 0 spiro atoms. The Bertz CT molecular complexity index is 255. The molecule has 100 valence electrons. The Morgan fingerprint density at radius 1 is 1.35 bits per heavy atom. The van der Waals surface area contributed by atoms with E-state index in [1.165, 1.54) is 0 Å². The number of rotatable bonds is 4. The SMILES string of the molecule is CNC(=O)C(C)N1CCN(CC(C)(C)O)CC1. The van der Waals surface area contributed by atoms with Crippen molar-refractivity contribution in [3.05, 3.63) is 0 Å². The van der Waals surface area contributed by atoms with E-state index in [1.54, 1.807) is 7.05 Å². The van der Waals surface area contributed by atoms with Gasteiger partial charge in [-0.2, -0.15) is 0 Å². The summed E-state index contributed by atoms with van der Waals surface area (Å²) in [6.45, 7) is 9.85. The van der Waals surface area contributed by atoms with Gasteiger partial charge in [0.1, 0.15) is 0 Å². The molecule has 1 atom stereocenters. The van der Waals surface area contributed by atoms with Crippen LogP contribution in [0.1, 0.15) is 20.8 Å². The Morgan fingerprint density at radius 2 is 1.88 bits per heavy atom. The van der Waals surface area contributed by atoms with E-state index in [2.05, 4.69) is 15.1 Å². The summed E-state index contributed by atoms with van der Waals surface area (Å²) in [7, 11) is 1.67. The molecule has 0 aromatic carbocycles. The highest BCUT2D eigenvalue weighted by molar-refractivity contribution is 5.80. The van der Waals surface area contributed by atoms with Gasteiger partial charge in [0, 0.05) is 39.8 Å². The first-order chi connectivity index (χ1) is 7.83. The van der Waals surface area contributed by atoms with Crippen LogP contribution in [0.3, 0.4) is 0 Å². The largest absolute Gasteiger partial charge is 0.389 e. The zero-order chi connectivity index (χ0) is 13.1. The van der Waals surface area contributed by atoms with E-state index in [-0.39, 0.29) is 11.9 Å². The number of aliphatic hydroxyl groups is 1. The number of carbonyl (C=O) groups is 1. The molecule has 2 N–H and O–H groups in total. The van der Waals surface area contributed by atoms with Gasteiger partial charge < -0.3 is 10.4 Å². The van der Waals surface area contributed by atoms with Gasteiger partial charge in [-0.05, 0) is 20.8 Å². The second-order valence-corrected chi connectivity index (χ2v) is 5.41. The second-order valence-electron chi connectivity index (χ2n) is 5.41. The van der Waals surface area contributed by atoms with Crippen molar-refractivity contribution in [1.29, 1.82) is 0 Å². The minimum absolute atomic E-state index is 0.0655. The number of piperazine rings is 1. The number of carbonyl (C=O) groups excluding carboxylic acids is 1. The summed E-state index contributed by atoms with van der Waals surface area (Å²) in [6, 6.07) is -0.0655. The lowest BCUT2D eigenvalue weighted by Crippen LogP contribution is -2.55. The zero-order valence-corrected chi connectivity index (χ0v) is 11.4. The third kappa shape index (κ3) is 4.61. The number of nitrogens with one attached hydrogen (secondary N) is 1. The number of hydrogen-bond acceptors (Lipinski definition) is 4. The summed E-state index contributed by atoms with van der Waals surface area (Å²) in [5, 5.41) is 12.4. The van der Waals surface area contributed by atoms with Gasteiger partial charge in [0.05, 0.1) is 11.6 Å². The molecule has 1 saturated heterocycles. The normalized spacial score (nSPS) is 21.2. The predicted octanol–water partition coefficient (Wildman–Crippen LogP) is -0.491. The summed E-state index contributed by atoms with van der Waals surface area (Å²) in [5.41, 5.74) is -0.644. The molecule has 0 aromatic rings. The molecule has 1 rings (SSSR count). The van der Waals surface area contributed by atoms with Crippen LogP contribution in [0.2, 0.25) is 0 Å². The first kappa shape index (κ1) is 14.4. The number of likely N-dealkylation sites (N-methyl/N-ethyl adjacent to an activating group) is 1. The van der Waals surface area contributed by atoms with Gasteiger partial charge in [0.15, 0.2) is 0 Å². The van der Waals surface area contributed by atoms with Crippen molar-refractivity contribution in [2.75, 3.05) is 39.8 Å². The highest BCUT2D eigenvalue weighted by Gasteiger charge is 2.27. The predicted molar refractivity (Wildman–Crippen MR) is 67.8 cm³/mol. The topological polar surface area (TPSA) is 55.8 Å². The monoisotopic (exact) mass is 243 g/mol. The summed E-state index contributed by atoms with van der Waals surface area (Å²) >= 11 is 0. The van der Waals surface area contributed by atoms with Gasteiger partial charge >= 0.3 is 0 Å². The van der Waals surface area contributed by atoms with Crippen LogP contribution >= 0.6 is 0 Å². The highest BCUT2D eigenvalue weighted by Crippen LogP contribution is 2.10. The summed E-state index contributed by atoms with van der Waals surface area (Å²) < 4.78 is 0. The number of amides is 1. The van der Waals surface area contributed by atoms with E-state index < -0.39 is 5.60 Å². The Hall–Kier alpha value is -0.650. The molecule has 1 aliphatic heterocycles. The lowest BCUT2D eigenvalue weighted by atomic mass is 10.1. The maximum absolute atomic E-state index is 11.5. The standard InChI is InChI=1S/C12H25N3O2/c1-10(11(16)13-4)15-7-5-14(6-8-15)9-12(2,3)17/h10,17H,5-9H2,1-4H3,(H,13,16). The fourth-order valence-electron chi connectivity index (χ4n) is 2.23. The van der Waals surface area contributed by atoms with Crippen LogP contribution in [-0.4, -0.2) is 72.2 Å². The minimum Gasteiger partial charge on any atom is -0.389 e.